The molecule has 1 N–H and O–H groups in total. The third-order valence-electron chi connectivity index (χ3n) is 2.83. The van der Waals surface area contributed by atoms with Gasteiger partial charge in [-0.25, -0.2) is 4.98 Å². The summed E-state index contributed by atoms with van der Waals surface area (Å²) in [5.74, 6) is 0. The quantitative estimate of drug-likeness (QED) is 0.746. The predicted molar refractivity (Wildman–Crippen MR) is 76.8 cm³/mol. The first kappa shape index (κ1) is 12.5. The van der Waals surface area contributed by atoms with Gasteiger partial charge in [-0.05, 0) is 24.3 Å². The van der Waals surface area contributed by atoms with Crippen molar-refractivity contribution in [2.45, 2.75) is 10.1 Å². The van der Waals surface area contributed by atoms with E-state index in [-0.39, 0.29) is 0 Å². The fourth-order valence-corrected chi connectivity index (χ4v) is 2.74. The molecule has 0 bridgehead atoms. The van der Waals surface area contributed by atoms with E-state index in [4.69, 9.17) is 5.26 Å². The zero-order valence-electron chi connectivity index (χ0n) is 10.3. The summed E-state index contributed by atoms with van der Waals surface area (Å²) in [6.07, 6.45) is 0.733. The second kappa shape index (κ2) is 5.19. The van der Waals surface area contributed by atoms with Crippen molar-refractivity contribution in [3.8, 4) is 6.07 Å². The summed E-state index contributed by atoms with van der Waals surface area (Å²) < 4.78 is 0. The van der Waals surface area contributed by atoms with Gasteiger partial charge in [0.1, 0.15) is 12.4 Å². The third-order valence-corrected chi connectivity index (χ3v) is 3.80. The van der Waals surface area contributed by atoms with Crippen LogP contribution in [0.25, 0.3) is 11.0 Å². The molecule has 0 fully saturated rings. The molecule has 0 atom stereocenters. The Morgan fingerprint density at radius 3 is 2.85 bits per heavy atom. The van der Waals surface area contributed by atoms with Crippen molar-refractivity contribution < 1.29 is 4.79 Å². The molecule has 0 aliphatic rings. The van der Waals surface area contributed by atoms with E-state index in [2.05, 4.69) is 16.0 Å². The van der Waals surface area contributed by atoms with Crippen LogP contribution < -0.4 is 0 Å². The molecule has 1 aromatic heterocycles. The van der Waals surface area contributed by atoms with Crippen LogP contribution in [0.5, 0.6) is 0 Å². The van der Waals surface area contributed by atoms with Crippen LogP contribution in [-0.4, -0.2) is 16.3 Å². The van der Waals surface area contributed by atoms with Crippen molar-refractivity contribution in [2.24, 2.45) is 0 Å². The van der Waals surface area contributed by atoms with Gasteiger partial charge in [-0.3, -0.25) is 4.79 Å². The van der Waals surface area contributed by atoms with Crippen molar-refractivity contribution in [2.75, 3.05) is 0 Å². The number of nitriles is 1. The second-order valence-electron chi connectivity index (χ2n) is 4.15. The molecule has 1 heterocycles. The molecule has 0 aliphatic carbocycles. The molecule has 4 nitrogen and oxygen atoms in total. The second-order valence-corrected chi connectivity index (χ2v) is 5.18. The first-order valence-electron chi connectivity index (χ1n) is 5.92. The molecule has 0 radical (unpaired) electrons. The van der Waals surface area contributed by atoms with Gasteiger partial charge in [0.15, 0.2) is 5.16 Å². The van der Waals surface area contributed by atoms with Gasteiger partial charge in [0.25, 0.3) is 0 Å². The SMILES string of the molecule is N#Cc1cc(C=O)ccc1Sc1nc2ccccc2[nH]1. The maximum absolute atomic E-state index is 10.7. The molecular weight excluding hydrogens is 270 g/mol. The lowest BCUT2D eigenvalue weighted by Gasteiger charge is -2.01. The number of H-pyrrole nitrogens is 1. The number of nitrogens with zero attached hydrogens (tertiary/aromatic N) is 2. The van der Waals surface area contributed by atoms with Crippen LogP contribution in [0.3, 0.4) is 0 Å². The first-order chi connectivity index (χ1) is 9.80. The normalized spacial score (nSPS) is 10.3. The van der Waals surface area contributed by atoms with Gasteiger partial charge in [-0.1, -0.05) is 30.0 Å². The lowest BCUT2D eigenvalue weighted by atomic mass is 10.1. The fraction of sp³-hybridized carbons (Fsp3) is 0. The highest BCUT2D eigenvalue weighted by molar-refractivity contribution is 7.99. The van der Waals surface area contributed by atoms with E-state index in [0.29, 0.717) is 11.1 Å². The van der Waals surface area contributed by atoms with Crippen LogP contribution in [0.15, 0.2) is 52.5 Å². The number of imidazole rings is 1. The van der Waals surface area contributed by atoms with E-state index in [1.807, 2.05) is 24.3 Å². The monoisotopic (exact) mass is 279 g/mol. The van der Waals surface area contributed by atoms with E-state index >= 15 is 0 Å². The number of para-hydroxylation sites is 2. The van der Waals surface area contributed by atoms with Gasteiger partial charge >= 0.3 is 0 Å². The molecule has 20 heavy (non-hydrogen) atoms. The Bertz CT molecular complexity index is 799. The first-order valence-corrected chi connectivity index (χ1v) is 6.74. The van der Waals surface area contributed by atoms with E-state index in [0.717, 1.165) is 27.4 Å². The molecule has 0 spiro atoms. The van der Waals surface area contributed by atoms with Crippen LogP contribution in [0.2, 0.25) is 0 Å². The van der Waals surface area contributed by atoms with Crippen LogP contribution >= 0.6 is 11.8 Å². The summed E-state index contributed by atoms with van der Waals surface area (Å²) in [6.45, 7) is 0. The summed E-state index contributed by atoms with van der Waals surface area (Å²) in [6, 6.07) is 14.9. The van der Waals surface area contributed by atoms with Crippen molar-refractivity contribution in [1.29, 1.82) is 5.26 Å². The minimum absolute atomic E-state index is 0.472. The molecule has 0 saturated heterocycles. The number of hydrogen-bond acceptors (Lipinski definition) is 4. The van der Waals surface area contributed by atoms with E-state index in [9.17, 15) is 4.79 Å². The Balaban J connectivity index is 1.98. The number of benzene rings is 2. The molecule has 5 heteroatoms. The molecular formula is C15H9N3OS. The van der Waals surface area contributed by atoms with Crippen molar-refractivity contribution in [1.82, 2.24) is 9.97 Å². The Kier molecular flexibility index (Phi) is 3.23. The van der Waals surface area contributed by atoms with Crippen molar-refractivity contribution in [3.63, 3.8) is 0 Å². The molecule has 0 unspecified atom stereocenters. The number of nitrogens with one attached hydrogen (secondary N) is 1. The highest BCUT2D eigenvalue weighted by Gasteiger charge is 2.08. The molecule has 2 aromatic carbocycles. The summed E-state index contributed by atoms with van der Waals surface area (Å²) in [4.78, 5) is 19.2. The fourth-order valence-electron chi connectivity index (χ4n) is 1.88. The van der Waals surface area contributed by atoms with Gasteiger partial charge in [0.2, 0.25) is 0 Å². The number of carbonyl (C=O) groups excluding carboxylic acids is 1. The number of rotatable bonds is 3. The highest BCUT2D eigenvalue weighted by atomic mass is 32.2. The van der Waals surface area contributed by atoms with Crippen LogP contribution in [-0.2, 0) is 0 Å². The van der Waals surface area contributed by atoms with Crippen LogP contribution in [0, 0.1) is 11.3 Å². The van der Waals surface area contributed by atoms with Gasteiger partial charge in [-0.15, -0.1) is 0 Å². The summed E-state index contributed by atoms with van der Waals surface area (Å²) in [5.41, 5.74) is 2.81. The Morgan fingerprint density at radius 2 is 2.10 bits per heavy atom. The standard InChI is InChI=1S/C15H9N3OS/c16-8-11-7-10(9-19)5-6-14(11)20-15-17-12-3-1-2-4-13(12)18-15/h1-7,9H,(H,17,18). The minimum Gasteiger partial charge on any atom is -0.333 e. The molecule has 96 valence electrons. The number of aromatic nitrogens is 2. The van der Waals surface area contributed by atoms with Gasteiger partial charge < -0.3 is 4.98 Å². The summed E-state index contributed by atoms with van der Waals surface area (Å²) in [5, 5.41) is 9.87. The maximum atomic E-state index is 10.7. The number of aromatic amines is 1. The van der Waals surface area contributed by atoms with Gasteiger partial charge in [0.05, 0.1) is 16.6 Å². The van der Waals surface area contributed by atoms with Crippen molar-refractivity contribution >= 4 is 29.1 Å². The predicted octanol–water partition coefficient (Wildman–Crippen LogP) is 3.40. The third kappa shape index (κ3) is 2.29. The molecule has 0 saturated carbocycles. The smallest absolute Gasteiger partial charge is 0.171 e. The number of carbonyl (C=O) groups is 1. The average molecular weight is 279 g/mol. The van der Waals surface area contributed by atoms with E-state index < -0.39 is 0 Å². The number of aldehydes is 1. The Morgan fingerprint density at radius 1 is 1.25 bits per heavy atom. The average Bonchev–Trinajstić information content (AvgIpc) is 2.90. The zero-order valence-corrected chi connectivity index (χ0v) is 11.1. The Hall–Kier alpha value is -2.58. The number of hydrogen-bond donors (Lipinski definition) is 1. The van der Waals surface area contributed by atoms with Gasteiger partial charge in [0, 0.05) is 10.5 Å². The molecule has 0 aliphatic heterocycles. The zero-order chi connectivity index (χ0) is 13.9. The molecule has 3 rings (SSSR count). The summed E-state index contributed by atoms with van der Waals surface area (Å²) >= 11 is 1.38. The van der Waals surface area contributed by atoms with Crippen molar-refractivity contribution in [3.05, 3.63) is 53.6 Å². The summed E-state index contributed by atoms with van der Waals surface area (Å²) in [7, 11) is 0. The molecule has 3 aromatic rings. The minimum atomic E-state index is 0.472. The Labute approximate surface area is 119 Å². The highest BCUT2D eigenvalue weighted by Crippen LogP contribution is 2.30. The number of fused-ring (bicyclic) bond motifs is 1. The molecule has 0 amide bonds. The van der Waals surface area contributed by atoms with Crippen LogP contribution in [0.4, 0.5) is 0 Å². The largest absolute Gasteiger partial charge is 0.333 e. The lowest BCUT2D eigenvalue weighted by molar-refractivity contribution is 0.112. The van der Waals surface area contributed by atoms with Gasteiger partial charge in [-0.2, -0.15) is 5.26 Å². The van der Waals surface area contributed by atoms with E-state index in [1.54, 1.807) is 18.2 Å². The van der Waals surface area contributed by atoms with Crippen LogP contribution in [0.1, 0.15) is 15.9 Å². The topological polar surface area (TPSA) is 69.5 Å². The van der Waals surface area contributed by atoms with E-state index in [1.165, 1.54) is 11.8 Å². The maximum Gasteiger partial charge on any atom is 0.171 e. The lowest BCUT2D eigenvalue weighted by Crippen LogP contribution is -1.86.